The second kappa shape index (κ2) is 6.69. The lowest BCUT2D eigenvalue weighted by Gasteiger charge is -2.31. The topological polar surface area (TPSA) is 39.1 Å². The molecule has 0 bridgehead atoms. The Balaban J connectivity index is 1.63. The van der Waals surface area contributed by atoms with Gasteiger partial charge in [-0.05, 0) is 63.1 Å². The SMILES string of the molecule is Cc1cccc(-n2ncc3c2CCCC3NC2CCOCC2)c1C. The van der Waals surface area contributed by atoms with Crippen molar-refractivity contribution in [2.24, 2.45) is 0 Å². The molecule has 1 saturated heterocycles. The highest BCUT2D eigenvalue weighted by molar-refractivity contribution is 5.46. The Morgan fingerprint density at radius 2 is 2.00 bits per heavy atom. The first-order chi connectivity index (χ1) is 11.7. The predicted octanol–water partition coefficient (Wildman–Crippen LogP) is 3.64. The van der Waals surface area contributed by atoms with Crippen LogP contribution in [0.15, 0.2) is 24.4 Å². The summed E-state index contributed by atoms with van der Waals surface area (Å²) in [5.41, 5.74) is 6.66. The van der Waals surface area contributed by atoms with Crippen LogP contribution in [0.1, 0.15) is 54.1 Å². The molecular weight excluding hydrogens is 298 g/mol. The first-order valence-electron chi connectivity index (χ1n) is 9.21. The van der Waals surface area contributed by atoms with Gasteiger partial charge < -0.3 is 10.1 Å². The maximum atomic E-state index is 5.49. The summed E-state index contributed by atoms with van der Waals surface area (Å²) in [6.45, 7) is 6.14. The smallest absolute Gasteiger partial charge is 0.0680 e. The summed E-state index contributed by atoms with van der Waals surface area (Å²) in [7, 11) is 0. The van der Waals surface area contributed by atoms with Gasteiger partial charge in [-0.2, -0.15) is 5.10 Å². The fourth-order valence-corrected chi connectivity index (χ4v) is 4.05. The standard InChI is InChI=1S/C20H27N3O/c1-14-5-3-7-19(15(14)2)23-20-8-4-6-18(17(20)13-21-23)22-16-9-11-24-12-10-16/h3,5,7,13,16,18,22H,4,6,8-12H2,1-2H3. The van der Waals surface area contributed by atoms with Crippen LogP contribution in [0.25, 0.3) is 5.69 Å². The molecule has 1 N–H and O–H groups in total. The maximum Gasteiger partial charge on any atom is 0.0680 e. The van der Waals surface area contributed by atoms with E-state index in [1.54, 1.807) is 0 Å². The van der Waals surface area contributed by atoms with E-state index in [1.807, 2.05) is 0 Å². The van der Waals surface area contributed by atoms with E-state index in [0.29, 0.717) is 12.1 Å². The van der Waals surface area contributed by atoms with E-state index in [0.717, 1.165) is 32.5 Å². The fourth-order valence-electron chi connectivity index (χ4n) is 4.05. The Morgan fingerprint density at radius 3 is 2.83 bits per heavy atom. The van der Waals surface area contributed by atoms with Crippen LogP contribution in [0.4, 0.5) is 0 Å². The van der Waals surface area contributed by atoms with Crippen molar-refractivity contribution >= 4 is 0 Å². The highest BCUT2D eigenvalue weighted by Crippen LogP contribution is 2.33. The molecule has 4 nitrogen and oxygen atoms in total. The third-order valence-electron chi connectivity index (χ3n) is 5.65. The molecule has 4 heteroatoms. The van der Waals surface area contributed by atoms with Gasteiger partial charge in [0.2, 0.25) is 0 Å². The number of hydrogen-bond donors (Lipinski definition) is 1. The van der Waals surface area contributed by atoms with Gasteiger partial charge in [0.1, 0.15) is 0 Å². The molecule has 1 aliphatic carbocycles. The number of benzene rings is 1. The number of aryl methyl sites for hydroxylation is 1. The minimum Gasteiger partial charge on any atom is -0.381 e. The number of aromatic nitrogens is 2. The lowest BCUT2D eigenvalue weighted by Crippen LogP contribution is -2.38. The quantitative estimate of drug-likeness (QED) is 0.936. The molecule has 1 unspecified atom stereocenters. The van der Waals surface area contributed by atoms with E-state index in [4.69, 9.17) is 9.84 Å². The van der Waals surface area contributed by atoms with Gasteiger partial charge >= 0.3 is 0 Å². The second-order valence-electron chi connectivity index (χ2n) is 7.18. The van der Waals surface area contributed by atoms with Crippen LogP contribution in [0.5, 0.6) is 0 Å². The summed E-state index contributed by atoms with van der Waals surface area (Å²) in [5.74, 6) is 0. The Bertz CT molecular complexity index is 716. The van der Waals surface area contributed by atoms with E-state index < -0.39 is 0 Å². The zero-order valence-electron chi connectivity index (χ0n) is 14.7. The van der Waals surface area contributed by atoms with Crippen LogP contribution in [0, 0.1) is 13.8 Å². The van der Waals surface area contributed by atoms with Crippen LogP contribution < -0.4 is 5.32 Å². The Labute approximate surface area is 144 Å². The number of nitrogens with zero attached hydrogens (tertiary/aromatic N) is 2. The number of hydrogen-bond acceptors (Lipinski definition) is 3. The van der Waals surface area contributed by atoms with E-state index in [-0.39, 0.29) is 0 Å². The molecule has 128 valence electrons. The summed E-state index contributed by atoms with van der Waals surface area (Å²) in [5, 5.41) is 8.64. The van der Waals surface area contributed by atoms with E-state index in [1.165, 1.54) is 40.9 Å². The minimum absolute atomic E-state index is 0.440. The predicted molar refractivity (Wildman–Crippen MR) is 95.7 cm³/mol. The van der Waals surface area contributed by atoms with E-state index in [2.05, 4.69) is 48.2 Å². The molecule has 0 amide bonds. The summed E-state index contributed by atoms with van der Waals surface area (Å²) in [6, 6.07) is 7.51. The first kappa shape index (κ1) is 15.9. The molecule has 24 heavy (non-hydrogen) atoms. The van der Waals surface area contributed by atoms with E-state index >= 15 is 0 Å². The van der Waals surface area contributed by atoms with Crippen molar-refractivity contribution in [2.75, 3.05) is 13.2 Å². The third-order valence-corrected chi connectivity index (χ3v) is 5.65. The summed E-state index contributed by atoms with van der Waals surface area (Å²) in [6.07, 6.45) is 7.89. The largest absolute Gasteiger partial charge is 0.381 e. The van der Waals surface area contributed by atoms with Crippen molar-refractivity contribution in [3.63, 3.8) is 0 Å². The molecule has 1 aromatic carbocycles. The number of rotatable bonds is 3. The fraction of sp³-hybridized carbons (Fsp3) is 0.550. The van der Waals surface area contributed by atoms with Crippen molar-refractivity contribution in [3.05, 3.63) is 46.8 Å². The molecular formula is C20H27N3O. The van der Waals surface area contributed by atoms with E-state index in [9.17, 15) is 0 Å². The molecule has 0 spiro atoms. The highest BCUT2D eigenvalue weighted by atomic mass is 16.5. The van der Waals surface area contributed by atoms with Crippen LogP contribution in [0.2, 0.25) is 0 Å². The van der Waals surface area contributed by atoms with Crippen LogP contribution in [-0.2, 0) is 11.2 Å². The van der Waals surface area contributed by atoms with Crippen molar-refractivity contribution < 1.29 is 4.74 Å². The molecule has 2 heterocycles. The van der Waals surface area contributed by atoms with Crippen molar-refractivity contribution in [1.82, 2.24) is 15.1 Å². The third kappa shape index (κ3) is 2.89. The lowest BCUT2D eigenvalue weighted by atomic mass is 9.91. The molecule has 4 rings (SSSR count). The molecule has 1 aromatic heterocycles. The number of ether oxygens (including phenoxy) is 1. The average Bonchev–Trinajstić information content (AvgIpc) is 3.03. The lowest BCUT2D eigenvalue weighted by molar-refractivity contribution is 0.0741. The van der Waals surface area contributed by atoms with Gasteiger partial charge in [0.25, 0.3) is 0 Å². The zero-order valence-corrected chi connectivity index (χ0v) is 14.7. The van der Waals surface area contributed by atoms with Crippen LogP contribution in [-0.4, -0.2) is 29.0 Å². The van der Waals surface area contributed by atoms with Gasteiger partial charge in [-0.3, -0.25) is 0 Å². The highest BCUT2D eigenvalue weighted by Gasteiger charge is 2.27. The normalized spacial score (nSPS) is 21.7. The molecule has 1 atom stereocenters. The van der Waals surface area contributed by atoms with Crippen molar-refractivity contribution in [3.8, 4) is 5.69 Å². The van der Waals surface area contributed by atoms with Gasteiger partial charge in [-0.25, -0.2) is 4.68 Å². The Kier molecular flexibility index (Phi) is 4.42. The van der Waals surface area contributed by atoms with Crippen molar-refractivity contribution in [1.29, 1.82) is 0 Å². The molecule has 0 radical (unpaired) electrons. The van der Waals surface area contributed by atoms with Crippen LogP contribution in [0.3, 0.4) is 0 Å². The maximum absolute atomic E-state index is 5.49. The van der Waals surface area contributed by atoms with Gasteiger partial charge in [0.15, 0.2) is 0 Å². The van der Waals surface area contributed by atoms with Gasteiger partial charge in [-0.15, -0.1) is 0 Å². The monoisotopic (exact) mass is 325 g/mol. The van der Waals surface area contributed by atoms with Gasteiger partial charge in [0, 0.05) is 36.6 Å². The number of nitrogens with one attached hydrogen (secondary N) is 1. The summed E-state index contributed by atoms with van der Waals surface area (Å²) < 4.78 is 7.66. The van der Waals surface area contributed by atoms with Crippen molar-refractivity contribution in [2.45, 2.75) is 58.0 Å². The molecule has 2 aromatic rings. The average molecular weight is 325 g/mol. The van der Waals surface area contributed by atoms with Gasteiger partial charge in [0.05, 0.1) is 11.9 Å². The Hall–Kier alpha value is -1.65. The second-order valence-corrected chi connectivity index (χ2v) is 7.18. The minimum atomic E-state index is 0.440. The molecule has 1 fully saturated rings. The van der Waals surface area contributed by atoms with Gasteiger partial charge in [-0.1, -0.05) is 12.1 Å². The first-order valence-corrected chi connectivity index (χ1v) is 9.21. The zero-order chi connectivity index (χ0) is 16.5. The Morgan fingerprint density at radius 1 is 1.17 bits per heavy atom. The molecule has 2 aliphatic rings. The summed E-state index contributed by atoms with van der Waals surface area (Å²) >= 11 is 0. The van der Waals surface area contributed by atoms with Crippen LogP contribution >= 0.6 is 0 Å². The molecule has 0 saturated carbocycles. The number of fused-ring (bicyclic) bond motifs is 1. The summed E-state index contributed by atoms with van der Waals surface area (Å²) in [4.78, 5) is 0. The molecule has 1 aliphatic heterocycles.